The molecule has 258 valence electrons. The number of carbonyl (C=O) groups is 1. The summed E-state index contributed by atoms with van der Waals surface area (Å²) in [6, 6.07) is 8.08. The number of aromatic carboxylic acids is 1. The molecule has 1 N–H and O–H groups in total. The monoisotopic (exact) mass is 644 g/mol. The van der Waals surface area contributed by atoms with Gasteiger partial charge in [-0.15, -0.1) is 0 Å². The second-order valence-electron chi connectivity index (χ2n) is 14.8. The van der Waals surface area contributed by atoms with Gasteiger partial charge in [-0.3, -0.25) is 0 Å². The van der Waals surface area contributed by atoms with Crippen molar-refractivity contribution in [2.24, 2.45) is 5.41 Å². The summed E-state index contributed by atoms with van der Waals surface area (Å²) in [5.41, 5.74) is 4.41. The van der Waals surface area contributed by atoms with Gasteiger partial charge in [0.25, 0.3) is 0 Å². The molecule has 0 aromatic heterocycles. The lowest BCUT2D eigenvalue weighted by Crippen LogP contribution is -2.25. The predicted molar refractivity (Wildman–Crippen MR) is 178 cm³/mol. The Morgan fingerprint density at radius 2 is 1.24 bits per heavy atom. The van der Waals surface area contributed by atoms with Crippen LogP contribution in [0.15, 0.2) is 24.3 Å². The molecule has 1 heterocycles. The first-order valence-electron chi connectivity index (χ1n) is 16.2. The Morgan fingerprint density at radius 1 is 0.717 bits per heavy atom. The second kappa shape index (κ2) is 16.9. The molecule has 3 rings (SSSR count). The van der Waals surface area contributed by atoms with Gasteiger partial charge in [-0.05, 0) is 57.1 Å². The molecule has 0 saturated heterocycles. The number of rotatable bonds is 5. The van der Waals surface area contributed by atoms with Crippen molar-refractivity contribution in [2.75, 3.05) is 60.0 Å². The van der Waals surface area contributed by atoms with Crippen LogP contribution in [0.2, 0.25) is 0 Å². The average Bonchev–Trinajstić information content (AvgIpc) is 2.94. The van der Waals surface area contributed by atoms with Crippen LogP contribution < -0.4 is 9.47 Å². The Bertz CT molecular complexity index is 1270. The smallest absolute Gasteiger partial charge is 0.336 e. The van der Waals surface area contributed by atoms with E-state index in [9.17, 15) is 9.90 Å². The number of ether oxygens (including phenoxy) is 7. The Labute approximate surface area is 275 Å². The molecule has 9 nitrogen and oxygen atoms in total. The van der Waals surface area contributed by atoms with Crippen LogP contribution in [0.4, 0.5) is 0 Å². The van der Waals surface area contributed by atoms with Gasteiger partial charge in [-0.1, -0.05) is 67.5 Å². The molecule has 1 aliphatic heterocycles. The van der Waals surface area contributed by atoms with Gasteiger partial charge in [-0.2, -0.15) is 0 Å². The number of fused-ring (bicyclic) bond motifs is 3. The second-order valence-corrected chi connectivity index (χ2v) is 14.8. The van der Waals surface area contributed by atoms with E-state index < -0.39 is 5.97 Å². The molecular formula is C37H56O9. The van der Waals surface area contributed by atoms with Crippen LogP contribution in [-0.4, -0.2) is 71.0 Å². The van der Waals surface area contributed by atoms with E-state index in [-0.39, 0.29) is 35.0 Å². The van der Waals surface area contributed by atoms with Gasteiger partial charge in [0.05, 0.1) is 65.0 Å². The highest BCUT2D eigenvalue weighted by atomic mass is 16.6. The summed E-state index contributed by atoms with van der Waals surface area (Å²) in [6.45, 7) is 20.9. The normalized spacial score (nSPS) is 16.8. The fourth-order valence-electron chi connectivity index (χ4n) is 5.93. The summed E-state index contributed by atoms with van der Waals surface area (Å²) in [6.07, 6.45) is 0.987. The van der Waals surface area contributed by atoms with Crippen molar-refractivity contribution in [2.45, 2.75) is 92.5 Å². The van der Waals surface area contributed by atoms with E-state index in [1.54, 1.807) is 7.11 Å². The Hall–Kier alpha value is -2.69. The third-order valence-electron chi connectivity index (χ3n) is 7.79. The third-order valence-corrected chi connectivity index (χ3v) is 7.79. The molecule has 2 aromatic rings. The van der Waals surface area contributed by atoms with Crippen LogP contribution >= 0.6 is 0 Å². The van der Waals surface area contributed by atoms with Crippen molar-refractivity contribution >= 4 is 5.97 Å². The summed E-state index contributed by atoms with van der Waals surface area (Å²) in [7, 11) is 1.67. The maximum Gasteiger partial charge on any atom is 0.336 e. The van der Waals surface area contributed by atoms with E-state index in [1.165, 1.54) is 0 Å². The van der Waals surface area contributed by atoms with Crippen LogP contribution in [0, 0.1) is 5.41 Å². The van der Waals surface area contributed by atoms with Gasteiger partial charge in [-0.25, -0.2) is 4.79 Å². The quantitative estimate of drug-likeness (QED) is 0.366. The van der Waals surface area contributed by atoms with E-state index in [0.29, 0.717) is 82.1 Å². The summed E-state index contributed by atoms with van der Waals surface area (Å²) in [5, 5.41) is 10.1. The molecule has 0 unspecified atom stereocenters. The van der Waals surface area contributed by atoms with Crippen LogP contribution in [0.3, 0.4) is 0 Å². The maximum absolute atomic E-state index is 12.3. The molecule has 2 bridgehead atoms. The third kappa shape index (κ3) is 11.5. The van der Waals surface area contributed by atoms with Gasteiger partial charge < -0.3 is 38.3 Å². The van der Waals surface area contributed by atoms with Crippen molar-refractivity contribution in [1.82, 2.24) is 0 Å². The predicted octanol–water partition coefficient (Wildman–Crippen LogP) is 7.08. The molecule has 0 fully saturated rings. The number of carboxylic acids is 1. The van der Waals surface area contributed by atoms with E-state index >= 15 is 0 Å². The molecule has 0 spiro atoms. The molecule has 1 aliphatic rings. The number of hydrogen-bond donors (Lipinski definition) is 1. The zero-order valence-corrected chi connectivity index (χ0v) is 29.5. The molecule has 0 amide bonds. The lowest BCUT2D eigenvalue weighted by Gasteiger charge is -2.34. The summed E-state index contributed by atoms with van der Waals surface area (Å²) < 4.78 is 41.5. The molecule has 0 aliphatic carbocycles. The SMILES string of the molecule is COCc1cc(C(C)(C)CC(C)(C)C)cc2c1OCCOCCOCc1cc(C(C)(C)C)cc(c1C(=O)O)COCCOCCO2. The summed E-state index contributed by atoms with van der Waals surface area (Å²) in [4.78, 5) is 12.3. The van der Waals surface area contributed by atoms with E-state index in [0.717, 1.165) is 23.1 Å². The number of carboxylic acid groups (broad SMARTS) is 1. The van der Waals surface area contributed by atoms with Crippen molar-refractivity contribution in [1.29, 1.82) is 0 Å². The number of hydrogen-bond acceptors (Lipinski definition) is 8. The summed E-state index contributed by atoms with van der Waals surface area (Å²) in [5.74, 6) is 0.285. The van der Waals surface area contributed by atoms with Crippen LogP contribution in [0.1, 0.15) is 100.0 Å². The topological polar surface area (TPSA) is 102 Å². The minimum Gasteiger partial charge on any atom is -0.487 e. The zero-order valence-electron chi connectivity index (χ0n) is 29.5. The summed E-state index contributed by atoms with van der Waals surface area (Å²) >= 11 is 0. The minimum atomic E-state index is -1.00. The molecule has 0 atom stereocenters. The highest BCUT2D eigenvalue weighted by Crippen LogP contribution is 2.42. The number of benzene rings is 2. The lowest BCUT2D eigenvalue weighted by molar-refractivity contribution is 0.0284. The molecule has 2 aromatic carbocycles. The van der Waals surface area contributed by atoms with Crippen molar-refractivity contribution < 1.29 is 43.1 Å². The average molecular weight is 645 g/mol. The highest BCUT2D eigenvalue weighted by Gasteiger charge is 2.30. The highest BCUT2D eigenvalue weighted by molar-refractivity contribution is 5.91. The first-order chi connectivity index (χ1) is 21.6. The van der Waals surface area contributed by atoms with Gasteiger partial charge in [0.2, 0.25) is 0 Å². The van der Waals surface area contributed by atoms with Gasteiger partial charge in [0.1, 0.15) is 13.2 Å². The Morgan fingerprint density at radius 3 is 1.74 bits per heavy atom. The van der Waals surface area contributed by atoms with E-state index in [1.807, 2.05) is 12.1 Å². The molecular weight excluding hydrogens is 588 g/mol. The first kappa shape index (κ1) is 37.8. The van der Waals surface area contributed by atoms with Crippen LogP contribution in [-0.2, 0) is 54.3 Å². The standard InChI is InChI=1S/C37H56O9/c1-35(2,3)25-37(7,8)30-20-28(22-40-9)33-31(21-30)45-16-14-41-10-12-43-23-26-18-29(36(4,5)6)19-27(32(26)34(38)39)24-44-13-11-42-15-17-46-33/h18-21H,10-17,22-25H2,1-9H3,(H,38,39). The Balaban J connectivity index is 1.82. The molecule has 46 heavy (non-hydrogen) atoms. The van der Waals surface area contributed by atoms with Gasteiger partial charge in [0.15, 0.2) is 11.5 Å². The van der Waals surface area contributed by atoms with Crippen molar-refractivity contribution in [3.05, 3.63) is 57.6 Å². The van der Waals surface area contributed by atoms with Crippen molar-refractivity contribution in [3.8, 4) is 11.5 Å². The van der Waals surface area contributed by atoms with E-state index in [2.05, 4.69) is 67.5 Å². The molecule has 0 radical (unpaired) electrons. The molecule has 0 saturated carbocycles. The largest absolute Gasteiger partial charge is 0.487 e. The Kier molecular flexibility index (Phi) is 13.9. The van der Waals surface area contributed by atoms with Crippen LogP contribution in [0.25, 0.3) is 0 Å². The van der Waals surface area contributed by atoms with Gasteiger partial charge >= 0.3 is 5.97 Å². The lowest BCUT2D eigenvalue weighted by atomic mass is 9.72. The molecule has 9 heteroatoms. The van der Waals surface area contributed by atoms with Gasteiger partial charge in [0, 0.05) is 12.7 Å². The van der Waals surface area contributed by atoms with E-state index in [4.69, 9.17) is 33.2 Å². The fourth-order valence-corrected chi connectivity index (χ4v) is 5.93. The minimum absolute atomic E-state index is 0.106. The van der Waals surface area contributed by atoms with Crippen LogP contribution in [0.5, 0.6) is 11.5 Å². The first-order valence-corrected chi connectivity index (χ1v) is 16.2. The fraction of sp³-hybridized carbons (Fsp3) is 0.649. The zero-order chi connectivity index (χ0) is 34.0. The van der Waals surface area contributed by atoms with Crippen molar-refractivity contribution in [3.63, 3.8) is 0 Å². The number of methoxy groups -OCH3 is 1. The maximum atomic E-state index is 12.3.